The van der Waals surface area contributed by atoms with Crippen LogP contribution in [0.2, 0.25) is 0 Å². The molecule has 1 aliphatic rings. The molecule has 0 radical (unpaired) electrons. The van der Waals surface area contributed by atoms with Gasteiger partial charge >= 0.3 is 0 Å². The minimum absolute atomic E-state index is 0.0685. The number of para-hydroxylation sites is 1. The molecule has 0 saturated heterocycles. The van der Waals surface area contributed by atoms with Crippen molar-refractivity contribution in [3.63, 3.8) is 0 Å². The number of nitrogens with one attached hydrogen (secondary N) is 2. The second kappa shape index (κ2) is 7.10. The van der Waals surface area contributed by atoms with Crippen LogP contribution in [0.4, 0.5) is 5.00 Å². The van der Waals surface area contributed by atoms with Crippen LogP contribution in [0.1, 0.15) is 37.6 Å². The van der Waals surface area contributed by atoms with Crippen molar-refractivity contribution in [2.75, 3.05) is 11.9 Å². The number of quaternary nitrogens is 1. The lowest BCUT2D eigenvalue weighted by Gasteiger charge is -2.27. The van der Waals surface area contributed by atoms with E-state index in [1.165, 1.54) is 15.1 Å². The molecular formula is C20H24N3OS2+. The molecule has 0 saturated carbocycles. The van der Waals surface area contributed by atoms with Crippen molar-refractivity contribution in [1.82, 2.24) is 4.98 Å². The summed E-state index contributed by atoms with van der Waals surface area (Å²) < 4.78 is 1.19. The second-order valence-corrected chi connectivity index (χ2v) is 9.22. The Morgan fingerprint density at radius 2 is 2.12 bits per heavy atom. The molecule has 4 rings (SSSR count). The van der Waals surface area contributed by atoms with Crippen molar-refractivity contribution >= 4 is 43.8 Å². The van der Waals surface area contributed by atoms with Gasteiger partial charge in [0.1, 0.15) is 16.6 Å². The summed E-state index contributed by atoms with van der Waals surface area (Å²) in [4.78, 5) is 20.0. The van der Waals surface area contributed by atoms with Crippen LogP contribution in [0.3, 0.4) is 0 Å². The lowest BCUT2D eigenvalue weighted by molar-refractivity contribution is -0.936. The maximum Gasteiger partial charge on any atom is 0.224 e. The Bertz CT molecular complexity index is 924. The molecule has 1 atom stereocenters. The van der Waals surface area contributed by atoms with E-state index in [1.54, 1.807) is 27.6 Å². The summed E-state index contributed by atoms with van der Waals surface area (Å²) in [6.45, 7) is 8.63. The lowest BCUT2D eigenvalue weighted by Crippen LogP contribution is -3.14. The first-order valence-corrected chi connectivity index (χ1v) is 10.8. The zero-order valence-corrected chi connectivity index (χ0v) is 17.0. The van der Waals surface area contributed by atoms with Gasteiger partial charge in [-0.15, -0.1) is 22.7 Å². The zero-order valence-electron chi connectivity index (χ0n) is 15.4. The molecular weight excluding hydrogens is 362 g/mol. The minimum atomic E-state index is 0.0685. The van der Waals surface area contributed by atoms with E-state index >= 15 is 0 Å². The van der Waals surface area contributed by atoms with Gasteiger partial charge < -0.3 is 10.2 Å². The van der Waals surface area contributed by atoms with Gasteiger partial charge in [0.15, 0.2) is 0 Å². The van der Waals surface area contributed by atoms with E-state index in [-0.39, 0.29) is 5.91 Å². The van der Waals surface area contributed by atoms with E-state index in [0.717, 1.165) is 40.6 Å². The number of hydrogen-bond acceptors (Lipinski definition) is 4. The number of carbonyl (C=O) groups is 1. The number of hydrogen-bond donors (Lipinski definition) is 2. The van der Waals surface area contributed by atoms with Crippen LogP contribution in [0.15, 0.2) is 24.3 Å². The smallest absolute Gasteiger partial charge is 0.224 e. The molecule has 0 spiro atoms. The van der Waals surface area contributed by atoms with Crippen LogP contribution in [-0.4, -0.2) is 23.5 Å². The molecule has 3 heterocycles. The van der Waals surface area contributed by atoms with Gasteiger partial charge in [0.25, 0.3) is 0 Å². The molecule has 3 aromatic rings. The highest BCUT2D eigenvalue weighted by atomic mass is 32.1. The van der Waals surface area contributed by atoms with Gasteiger partial charge in [0, 0.05) is 18.4 Å². The number of benzene rings is 1. The fraction of sp³-hybridized carbons (Fsp3) is 0.400. The first-order chi connectivity index (χ1) is 12.6. The zero-order chi connectivity index (χ0) is 18.3. The Hall–Kier alpha value is -1.76. The highest BCUT2D eigenvalue weighted by Crippen LogP contribution is 2.44. The van der Waals surface area contributed by atoms with E-state index in [9.17, 15) is 4.79 Å². The van der Waals surface area contributed by atoms with Gasteiger partial charge in [-0.2, -0.15) is 0 Å². The molecule has 1 aromatic carbocycles. The molecule has 1 amide bonds. The first kappa shape index (κ1) is 17.6. The number of thiazole rings is 1. The summed E-state index contributed by atoms with van der Waals surface area (Å²) in [5.41, 5.74) is 3.59. The Balaban J connectivity index is 1.82. The Morgan fingerprint density at radius 3 is 2.85 bits per heavy atom. The van der Waals surface area contributed by atoms with E-state index in [1.807, 2.05) is 13.0 Å². The number of rotatable bonds is 4. The third-order valence-corrected chi connectivity index (χ3v) is 7.27. The Morgan fingerprint density at radius 1 is 1.31 bits per heavy atom. The second-order valence-electron chi connectivity index (χ2n) is 7.09. The molecule has 136 valence electrons. The van der Waals surface area contributed by atoms with Crippen LogP contribution in [0, 0.1) is 0 Å². The van der Waals surface area contributed by atoms with Gasteiger partial charge in [-0.1, -0.05) is 19.1 Å². The molecule has 4 nitrogen and oxygen atoms in total. The third-order valence-electron chi connectivity index (χ3n) is 5.07. The predicted octanol–water partition coefficient (Wildman–Crippen LogP) is 3.72. The van der Waals surface area contributed by atoms with Crippen molar-refractivity contribution in [3.05, 3.63) is 34.7 Å². The van der Waals surface area contributed by atoms with Gasteiger partial charge in [0.05, 0.1) is 27.7 Å². The first-order valence-electron chi connectivity index (χ1n) is 9.21. The predicted molar refractivity (Wildman–Crippen MR) is 110 cm³/mol. The summed E-state index contributed by atoms with van der Waals surface area (Å²) in [5, 5.41) is 5.15. The van der Waals surface area contributed by atoms with Gasteiger partial charge in [-0.25, -0.2) is 4.98 Å². The van der Waals surface area contributed by atoms with Crippen molar-refractivity contribution in [2.24, 2.45) is 0 Å². The monoisotopic (exact) mass is 386 g/mol. The van der Waals surface area contributed by atoms with E-state index in [4.69, 9.17) is 4.98 Å². The molecule has 1 aliphatic heterocycles. The molecule has 1 unspecified atom stereocenters. The highest BCUT2D eigenvalue weighted by molar-refractivity contribution is 7.22. The molecule has 2 N–H and O–H groups in total. The summed E-state index contributed by atoms with van der Waals surface area (Å²) in [7, 11) is 0. The standard InChI is InChI=1S/C20H23N3OS2/c1-4-17(24)22-20-18(19-21-14-7-5-6-8-15(14)25-19)13-9-10-23(12(2)3)11-16(13)26-20/h5-8,12H,4,9-11H2,1-3H3,(H,22,24)/p+1. The maximum atomic E-state index is 12.1. The third kappa shape index (κ3) is 3.17. The number of thiophene rings is 1. The number of anilines is 1. The molecule has 26 heavy (non-hydrogen) atoms. The summed E-state index contributed by atoms with van der Waals surface area (Å²) in [6, 6.07) is 8.87. The number of nitrogens with zero attached hydrogens (tertiary/aromatic N) is 1. The lowest BCUT2D eigenvalue weighted by atomic mass is 10.0. The Labute approximate surface area is 161 Å². The quantitative estimate of drug-likeness (QED) is 0.718. The van der Waals surface area contributed by atoms with Crippen LogP contribution < -0.4 is 10.2 Å². The number of carbonyl (C=O) groups excluding carboxylic acids is 1. The van der Waals surface area contributed by atoms with Crippen molar-refractivity contribution < 1.29 is 9.69 Å². The highest BCUT2D eigenvalue weighted by Gasteiger charge is 2.30. The largest absolute Gasteiger partial charge is 0.328 e. The van der Waals surface area contributed by atoms with E-state index in [2.05, 4.69) is 37.4 Å². The maximum absolute atomic E-state index is 12.1. The Kier molecular flexibility index (Phi) is 4.82. The van der Waals surface area contributed by atoms with Gasteiger partial charge in [-0.3, -0.25) is 4.79 Å². The van der Waals surface area contributed by atoms with Crippen LogP contribution in [0.5, 0.6) is 0 Å². The fourth-order valence-electron chi connectivity index (χ4n) is 3.50. The molecule has 0 fully saturated rings. The number of amides is 1. The molecule has 2 aromatic heterocycles. The van der Waals surface area contributed by atoms with Crippen LogP contribution in [0.25, 0.3) is 20.8 Å². The van der Waals surface area contributed by atoms with Crippen molar-refractivity contribution in [1.29, 1.82) is 0 Å². The number of aromatic nitrogens is 1. The molecule has 0 aliphatic carbocycles. The van der Waals surface area contributed by atoms with Crippen molar-refractivity contribution in [3.8, 4) is 10.6 Å². The minimum Gasteiger partial charge on any atom is -0.328 e. The summed E-state index contributed by atoms with van der Waals surface area (Å²) >= 11 is 3.47. The van der Waals surface area contributed by atoms with E-state index in [0.29, 0.717) is 12.5 Å². The summed E-state index contributed by atoms with van der Waals surface area (Å²) in [6.07, 6.45) is 1.54. The van der Waals surface area contributed by atoms with Gasteiger partial charge in [-0.05, 0) is 31.5 Å². The average molecular weight is 387 g/mol. The SMILES string of the molecule is CCC(=O)Nc1sc2c(c1-c1nc3ccccc3s1)CC[NH+](C(C)C)C2. The normalized spacial score (nSPS) is 16.8. The molecule has 0 bridgehead atoms. The average Bonchev–Trinajstić information content (AvgIpc) is 3.20. The van der Waals surface area contributed by atoms with Gasteiger partial charge in [0.2, 0.25) is 5.91 Å². The molecule has 6 heteroatoms. The topological polar surface area (TPSA) is 46.4 Å². The van der Waals surface area contributed by atoms with Crippen LogP contribution in [-0.2, 0) is 17.8 Å². The number of fused-ring (bicyclic) bond motifs is 2. The van der Waals surface area contributed by atoms with Crippen LogP contribution >= 0.6 is 22.7 Å². The van der Waals surface area contributed by atoms with Crippen molar-refractivity contribution in [2.45, 2.75) is 46.2 Å². The summed E-state index contributed by atoms with van der Waals surface area (Å²) in [5.74, 6) is 0.0685. The fourth-order valence-corrected chi connectivity index (χ4v) is 5.93. The van der Waals surface area contributed by atoms with E-state index < -0.39 is 0 Å².